The van der Waals surface area contributed by atoms with Gasteiger partial charge >= 0.3 is 0 Å². The third kappa shape index (κ3) is 2.86. The molecule has 1 saturated heterocycles. The third-order valence-electron chi connectivity index (χ3n) is 5.47. The lowest BCUT2D eigenvalue weighted by atomic mass is 9.73. The van der Waals surface area contributed by atoms with Crippen LogP contribution < -0.4 is 16.4 Å². The number of nitrogens with zero attached hydrogens (tertiary/aromatic N) is 1. The summed E-state index contributed by atoms with van der Waals surface area (Å²) in [6, 6.07) is 2.47. The minimum absolute atomic E-state index is 0.110. The lowest BCUT2D eigenvalue weighted by Gasteiger charge is -2.50. The van der Waals surface area contributed by atoms with Crippen molar-refractivity contribution >= 4 is 23.0 Å². The molecule has 7 heteroatoms. The standard InChI is InChI=1S/C19H24FN5O/c1-10(21)15(19(2)8-25(9-19)7-11-3-4-11)18-23-14-6-12(20)5-13(17(22)26)16(14)24-18/h5-6,11,21,23-24H,3-4,7-9H2,1-2H3,(H2,22,26)/b18-15+,21-10?. The van der Waals surface area contributed by atoms with Crippen LogP contribution in [0.5, 0.6) is 0 Å². The number of rotatable bonds is 5. The van der Waals surface area contributed by atoms with Gasteiger partial charge in [0.1, 0.15) is 11.6 Å². The van der Waals surface area contributed by atoms with Crippen LogP contribution >= 0.6 is 0 Å². The summed E-state index contributed by atoms with van der Waals surface area (Å²) >= 11 is 0. The number of fused-ring (bicyclic) bond motifs is 1. The molecule has 26 heavy (non-hydrogen) atoms. The highest BCUT2D eigenvalue weighted by Crippen LogP contribution is 2.44. The summed E-state index contributed by atoms with van der Waals surface area (Å²) in [7, 11) is 0. The van der Waals surface area contributed by atoms with Gasteiger partial charge in [-0.15, -0.1) is 0 Å². The highest BCUT2D eigenvalue weighted by atomic mass is 19.1. The number of hydrogen-bond donors (Lipinski definition) is 4. The number of hydrogen-bond acceptors (Lipinski definition) is 5. The summed E-state index contributed by atoms with van der Waals surface area (Å²) < 4.78 is 13.8. The zero-order valence-electron chi connectivity index (χ0n) is 15.1. The molecule has 6 nitrogen and oxygen atoms in total. The molecule has 5 N–H and O–H groups in total. The first-order valence-electron chi connectivity index (χ1n) is 8.97. The van der Waals surface area contributed by atoms with E-state index in [1.165, 1.54) is 18.9 Å². The molecule has 1 amide bonds. The molecule has 2 aliphatic heterocycles. The number of anilines is 2. The molecule has 0 spiro atoms. The van der Waals surface area contributed by atoms with E-state index in [-0.39, 0.29) is 11.0 Å². The minimum Gasteiger partial charge on any atom is -0.366 e. The van der Waals surface area contributed by atoms with Gasteiger partial charge < -0.3 is 26.7 Å². The van der Waals surface area contributed by atoms with Gasteiger partial charge in [0.2, 0.25) is 0 Å². The second-order valence-corrected chi connectivity index (χ2v) is 8.04. The fraction of sp³-hybridized carbons (Fsp3) is 0.474. The number of halogens is 1. The third-order valence-corrected chi connectivity index (χ3v) is 5.47. The van der Waals surface area contributed by atoms with Crippen molar-refractivity contribution in [3.05, 3.63) is 34.9 Å². The van der Waals surface area contributed by atoms with Crippen molar-refractivity contribution in [2.75, 3.05) is 30.3 Å². The van der Waals surface area contributed by atoms with Crippen LogP contribution in [0.3, 0.4) is 0 Å². The molecule has 0 unspecified atom stereocenters. The number of carbonyl (C=O) groups is 1. The maximum absolute atomic E-state index is 13.8. The van der Waals surface area contributed by atoms with E-state index in [0.717, 1.165) is 37.2 Å². The molecule has 2 fully saturated rings. The van der Waals surface area contributed by atoms with Crippen molar-refractivity contribution in [1.29, 1.82) is 5.41 Å². The normalized spacial score (nSPS) is 22.7. The van der Waals surface area contributed by atoms with Gasteiger partial charge in [0.15, 0.2) is 0 Å². The SMILES string of the molecule is CC(=N)/C(=C1/Nc2cc(F)cc(C(N)=O)c2N1)C1(C)CN(CC2CC2)C1. The highest BCUT2D eigenvalue weighted by Gasteiger charge is 2.46. The summed E-state index contributed by atoms with van der Waals surface area (Å²) in [6.45, 7) is 6.84. The Balaban J connectivity index is 1.64. The monoisotopic (exact) mass is 357 g/mol. The Kier molecular flexibility index (Phi) is 3.80. The van der Waals surface area contributed by atoms with Gasteiger partial charge in [0.05, 0.1) is 16.9 Å². The van der Waals surface area contributed by atoms with Crippen molar-refractivity contribution in [3.63, 3.8) is 0 Å². The maximum atomic E-state index is 13.8. The predicted molar refractivity (Wildman–Crippen MR) is 99.9 cm³/mol. The number of nitrogens with one attached hydrogen (secondary N) is 3. The van der Waals surface area contributed by atoms with Gasteiger partial charge in [-0.3, -0.25) is 4.79 Å². The van der Waals surface area contributed by atoms with Crippen LogP contribution in [0.2, 0.25) is 0 Å². The van der Waals surface area contributed by atoms with E-state index in [0.29, 0.717) is 22.9 Å². The van der Waals surface area contributed by atoms with Gasteiger partial charge in [0.25, 0.3) is 5.91 Å². The molecule has 4 rings (SSSR count). The van der Waals surface area contributed by atoms with E-state index in [1.54, 1.807) is 6.92 Å². The van der Waals surface area contributed by atoms with Crippen LogP contribution in [0.15, 0.2) is 23.5 Å². The van der Waals surface area contributed by atoms with Crippen molar-refractivity contribution in [3.8, 4) is 0 Å². The number of likely N-dealkylation sites (tertiary alicyclic amines) is 1. The zero-order chi connectivity index (χ0) is 18.6. The van der Waals surface area contributed by atoms with E-state index >= 15 is 0 Å². The second kappa shape index (κ2) is 5.81. The Morgan fingerprint density at radius 1 is 1.38 bits per heavy atom. The molecule has 0 bridgehead atoms. The van der Waals surface area contributed by atoms with Gasteiger partial charge in [-0.2, -0.15) is 0 Å². The first kappa shape index (κ1) is 17.0. The molecular weight excluding hydrogens is 333 g/mol. The summed E-state index contributed by atoms with van der Waals surface area (Å²) in [4.78, 5) is 14.1. The highest BCUT2D eigenvalue weighted by molar-refractivity contribution is 6.05. The Morgan fingerprint density at radius 2 is 2.08 bits per heavy atom. The molecule has 138 valence electrons. The Labute approximate surface area is 152 Å². The summed E-state index contributed by atoms with van der Waals surface area (Å²) in [5.41, 5.74) is 7.64. The number of carbonyl (C=O) groups excluding carboxylic acids is 1. The van der Waals surface area contributed by atoms with Gasteiger partial charge in [-0.1, -0.05) is 6.92 Å². The van der Waals surface area contributed by atoms with Crippen LogP contribution in [-0.2, 0) is 0 Å². The molecule has 0 atom stereocenters. The summed E-state index contributed by atoms with van der Waals surface area (Å²) in [6.07, 6.45) is 2.65. The summed E-state index contributed by atoms with van der Waals surface area (Å²) in [5.74, 6) is 0.278. The molecule has 0 radical (unpaired) electrons. The number of amides is 1. The van der Waals surface area contributed by atoms with Crippen LogP contribution in [0.1, 0.15) is 37.0 Å². The lowest BCUT2D eigenvalue weighted by molar-refractivity contribution is 0.0448. The Hall–Kier alpha value is -2.41. The second-order valence-electron chi connectivity index (χ2n) is 8.04. The number of primary amides is 1. The van der Waals surface area contributed by atoms with Gasteiger partial charge in [-0.05, 0) is 37.8 Å². The fourth-order valence-corrected chi connectivity index (χ4v) is 4.29. The largest absolute Gasteiger partial charge is 0.366 e. The van der Waals surface area contributed by atoms with Crippen molar-refractivity contribution in [2.45, 2.75) is 26.7 Å². The average molecular weight is 357 g/mol. The van der Waals surface area contributed by atoms with E-state index in [9.17, 15) is 9.18 Å². The molecule has 1 aromatic rings. The zero-order valence-corrected chi connectivity index (χ0v) is 15.1. The molecule has 1 saturated carbocycles. The van der Waals surface area contributed by atoms with E-state index < -0.39 is 11.7 Å². The molecular formula is C19H24FN5O. The summed E-state index contributed by atoms with van der Waals surface area (Å²) in [5, 5.41) is 14.6. The van der Waals surface area contributed by atoms with E-state index in [2.05, 4.69) is 22.5 Å². The van der Waals surface area contributed by atoms with Crippen molar-refractivity contribution in [1.82, 2.24) is 4.90 Å². The van der Waals surface area contributed by atoms with Crippen LogP contribution in [0, 0.1) is 22.6 Å². The van der Waals surface area contributed by atoms with Crippen molar-refractivity contribution in [2.24, 2.45) is 17.1 Å². The van der Waals surface area contributed by atoms with Crippen LogP contribution in [0.4, 0.5) is 15.8 Å². The van der Waals surface area contributed by atoms with Crippen LogP contribution in [-0.4, -0.2) is 36.2 Å². The molecule has 1 aromatic carbocycles. The van der Waals surface area contributed by atoms with E-state index in [4.69, 9.17) is 11.1 Å². The maximum Gasteiger partial charge on any atom is 0.250 e. The quantitative estimate of drug-likeness (QED) is 0.610. The molecule has 2 heterocycles. The smallest absolute Gasteiger partial charge is 0.250 e. The molecule has 1 aliphatic carbocycles. The Bertz CT molecular complexity index is 837. The van der Waals surface area contributed by atoms with Crippen LogP contribution in [0.25, 0.3) is 0 Å². The molecule has 3 aliphatic rings. The van der Waals surface area contributed by atoms with Gasteiger partial charge in [0, 0.05) is 36.3 Å². The molecule has 0 aromatic heterocycles. The number of benzene rings is 1. The fourth-order valence-electron chi connectivity index (χ4n) is 4.29. The number of nitrogens with two attached hydrogens (primary N) is 1. The first-order valence-corrected chi connectivity index (χ1v) is 8.97. The lowest BCUT2D eigenvalue weighted by Crippen LogP contribution is -2.57. The van der Waals surface area contributed by atoms with Crippen molar-refractivity contribution < 1.29 is 9.18 Å². The first-order chi connectivity index (χ1) is 12.3. The topological polar surface area (TPSA) is 94.2 Å². The minimum atomic E-state index is -0.685. The van der Waals surface area contributed by atoms with Gasteiger partial charge in [-0.25, -0.2) is 4.39 Å². The predicted octanol–water partition coefficient (Wildman–Crippen LogP) is 2.75. The average Bonchev–Trinajstić information content (AvgIpc) is 3.22. The van der Waals surface area contributed by atoms with E-state index in [1.807, 2.05) is 0 Å². The Morgan fingerprint density at radius 3 is 2.65 bits per heavy atom.